The number of halogens is 1. The van der Waals surface area contributed by atoms with Gasteiger partial charge in [0.1, 0.15) is 5.82 Å². The van der Waals surface area contributed by atoms with E-state index in [-0.39, 0.29) is 11.2 Å². The monoisotopic (exact) mass is 244 g/mol. The smallest absolute Gasteiger partial charge is 0.305 e. The Kier molecular flexibility index (Phi) is 2.91. The Labute approximate surface area is 94.1 Å². The van der Waals surface area contributed by atoms with Gasteiger partial charge in [0.25, 0.3) is 0 Å². The summed E-state index contributed by atoms with van der Waals surface area (Å²) in [4.78, 5) is 0. The molecule has 0 atom stereocenters. The van der Waals surface area contributed by atoms with E-state index in [1.807, 2.05) is 13.8 Å². The van der Waals surface area contributed by atoms with Gasteiger partial charge in [-0.3, -0.25) is 4.57 Å². The lowest BCUT2D eigenvalue weighted by atomic mass is 9.97. The SMILES string of the molecule is CC1(C)COP(=O)(c2ccc(F)cc2)OC1. The third kappa shape index (κ3) is 2.34. The molecule has 1 aromatic carbocycles. The van der Waals surface area contributed by atoms with Crippen molar-refractivity contribution < 1.29 is 18.0 Å². The van der Waals surface area contributed by atoms with Gasteiger partial charge in [-0.1, -0.05) is 13.8 Å². The third-order valence-electron chi connectivity index (χ3n) is 2.39. The molecule has 0 amide bonds. The first-order valence-electron chi connectivity index (χ1n) is 5.07. The van der Waals surface area contributed by atoms with Crippen molar-refractivity contribution in [3.8, 4) is 0 Å². The van der Waals surface area contributed by atoms with E-state index < -0.39 is 7.60 Å². The van der Waals surface area contributed by atoms with Crippen LogP contribution in [0.25, 0.3) is 0 Å². The Hall–Kier alpha value is -0.700. The lowest BCUT2D eigenvalue weighted by Gasteiger charge is -2.33. The number of hydrogen-bond acceptors (Lipinski definition) is 3. The van der Waals surface area contributed by atoms with E-state index in [2.05, 4.69) is 0 Å². The molecule has 16 heavy (non-hydrogen) atoms. The average Bonchev–Trinajstić information content (AvgIpc) is 2.24. The zero-order valence-electron chi connectivity index (χ0n) is 9.27. The van der Waals surface area contributed by atoms with Crippen LogP contribution in [0.1, 0.15) is 13.8 Å². The van der Waals surface area contributed by atoms with Gasteiger partial charge in [0, 0.05) is 5.41 Å². The molecule has 0 bridgehead atoms. The van der Waals surface area contributed by atoms with Gasteiger partial charge >= 0.3 is 7.60 Å². The molecule has 1 aliphatic rings. The van der Waals surface area contributed by atoms with Gasteiger partial charge < -0.3 is 9.05 Å². The first-order valence-corrected chi connectivity index (χ1v) is 6.61. The van der Waals surface area contributed by atoms with Crippen LogP contribution >= 0.6 is 7.60 Å². The molecular weight excluding hydrogens is 230 g/mol. The van der Waals surface area contributed by atoms with Crippen molar-refractivity contribution in [2.75, 3.05) is 13.2 Å². The van der Waals surface area contributed by atoms with E-state index in [9.17, 15) is 8.96 Å². The standard InChI is InChI=1S/C11H14FO3P/c1-11(2)7-14-16(13,15-8-11)10-5-3-9(12)4-6-10/h3-6H,7-8H2,1-2H3. The number of hydrogen-bond donors (Lipinski definition) is 0. The normalized spacial score (nSPS) is 22.9. The minimum absolute atomic E-state index is 0.131. The lowest BCUT2D eigenvalue weighted by molar-refractivity contribution is 0.0463. The van der Waals surface area contributed by atoms with Gasteiger partial charge in [0.2, 0.25) is 0 Å². The number of benzene rings is 1. The minimum atomic E-state index is -3.23. The Morgan fingerprint density at radius 2 is 1.69 bits per heavy atom. The Morgan fingerprint density at radius 1 is 1.19 bits per heavy atom. The van der Waals surface area contributed by atoms with E-state index in [0.29, 0.717) is 18.5 Å². The lowest BCUT2D eigenvalue weighted by Crippen LogP contribution is -2.31. The maximum atomic E-state index is 12.7. The summed E-state index contributed by atoms with van der Waals surface area (Å²) in [7, 11) is -3.23. The molecule has 0 spiro atoms. The van der Waals surface area contributed by atoms with Crippen LogP contribution in [0.3, 0.4) is 0 Å². The van der Waals surface area contributed by atoms with Crippen LogP contribution < -0.4 is 5.30 Å². The minimum Gasteiger partial charge on any atom is -0.305 e. The van der Waals surface area contributed by atoms with E-state index in [0.717, 1.165) is 0 Å². The predicted molar refractivity (Wildman–Crippen MR) is 59.3 cm³/mol. The molecule has 0 saturated carbocycles. The molecule has 1 fully saturated rings. The summed E-state index contributed by atoms with van der Waals surface area (Å²) in [6, 6.07) is 5.38. The summed E-state index contributed by atoms with van der Waals surface area (Å²) in [5, 5.41) is 0.407. The van der Waals surface area contributed by atoms with Crippen molar-refractivity contribution >= 4 is 12.9 Å². The van der Waals surface area contributed by atoms with Gasteiger partial charge in [0.15, 0.2) is 0 Å². The molecule has 88 valence electrons. The molecule has 0 aromatic heterocycles. The second-order valence-electron chi connectivity index (χ2n) is 4.68. The fourth-order valence-electron chi connectivity index (χ4n) is 1.37. The summed E-state index contributed by atoms with van der Waals surface area (Å²) in [6.07, 6.45) is 0. The van der Waals surface area contributed by atoms with E-state index >= 15 is 0 Å². The van der Waals surface area contributed by atoms with Crippen LogP contribution in [-0.4, -0.2) is 13.2 Å². The van der Waals surface area contributed by atoms with Crippen LogP contribution in [-0.2, 0) is 13.6 Å². The van der Waals surface area contributed by atoms with Gasteiger partial charge in [-0.15, -0.1) is 0 Å². The number of rotatable bonds is 1. The van der Waals surface area contributed by atoms with Gasteiger partial charge in [0.05, 0.1) is 18.5 Å². The van der Waals surface area contributed by atoms with Crippen LogP contribution in [0, 0.1) is 11.2 Å². The second-order valence-corrected chi connectivity index (χ2v) is 6.71. The van der Waals surface area contributed by atoms with Crippen molar-refractivity contribution in [2.45, 2.75) is 13.8 Å². The van der Waals surface area contributed by atoms with Crippen LogP contribution in [0.2, 0.25) is 0 Å². The fourth-order valence-corrected chi connectivity index (χ4v) is 3.30. The van der Waals surface area contributed by atoms with E-state index in [1.165, 1.54) is 24.3 Å². The molecule has 0 unspecified atom stereocenters. The Morgan fingerprint density at radius 3 is 2.19 bits per heavy atom. The molecule has 1 aromatic rings. The zero-order chi connectivity index (χ0) is 11.8. The highest BCUT2D eigenvalue weighted by Crippen LogP contribution is 2.52. The first kappa shape index (κ1) is 11.8. The van der Waals surface area contributed by atoms with Crippen LogP contribution in [0.5, 0.6) is 0 Å². The second kappa shape index (κ2) is 3.95. The molecule has 2 rings (SSSR count). The van der Waals surface area contributed by atoms with Crippen molar-refractivity contribution in [1.29, 1.82) is 0 Å². The highest BCUT2D eigenvalue weighted by atomic mass is 31.2. The molecule has 5 heteroatoms. The summed E-state index contributed by atoms with van der Waals surface area (Å²) in [5.74, 6) is -0.368. The highest BCUT2D eigenvalue weighted by molar-refractivity contribution is 7.62. The Bertz CT molecular complexity index is 413. The predicted octanol–water partition coefficient (Wildman–Crippen LogP) is 2.72. The molecule has 0 radical (unpaired) electrons. The van der Waals surface area contributed by atoms with Gasteiger partial charge in [-0.2, -0.15) is 0 Å². The van der Waals surface area contributed by atoms with E-state index in [4.69, 9.17) is 9.05 Å². The van der Waals surface area contributed by atoms with Crippen LogP contribution in [0.15, 0.2) is 24.3 Å². The molecule has 0 aliphatic carbocycles. The van der Waals surface area contributed by atoms with Crippen molar-refractivity contribution in [1.82, 2.24) is 0 Å². The summed E-state index contributed by atoms with van der Waals surface area (Å²) in [5.41, 5.74) is -0.131. The van der Waals surface area contributed by atoms with Gasteiger partial charge in [-0.05, 0) is 24.3 Å². The van der Waals surface area contributed by atoms with Crippen molar-refractivity contribution in [3.05, 3.63) is 30.1 Å². The van der Waals surface area contributed by atoms with Gasteiger partial charge in [-0.25, -0.2) is 4.39 Å². The van der Waals surface area contributed by atoms with E-state index in [1.54, 1.807) is 0 Å². The Balaban J connectivity index is 2.22. The largest absolute Gasteiger partial charge is 0.361 e. The highest BCUT2D eigenvalue weighted by Gasteiger charge is 2.37. The maximum absolute atomic E-state index is 12.7. The zero-order valence-corrected chi connectivity index (χ0v) is 10.2. The van der Waals surface area contributed by atoms with Crippen molar-refractivity contribution in [2.24, 2.45) is 5.41 Å². The molecule has 0 N–H and O–H groups in total. The van der Waals surface area contributed by atoms with Crippen molar-refractivity contribution in [3.63, 3.8) is 0 Å². The molecule has 1 saturated heterocycles. The fraction of sp³-hybridized carbons (Fsp3) is 0.455. The molecule has 1 aliphatic heterocycles. The summed E-state index contributed by atoms with van der Waals surface area (Å²) >= 11 is 0. The summed E-state index contributed by atoms with van der Waals surface area (Å²) < 4.78 is 35.6. The summed E-state index contributed by atoms with van der Waals surface area (Å²) in [6.45, 7) is 4.70. The molecule has 3 nitrogen and oxygen atoms in total. The average molecular weight is 244 g/mol. The third-order valence-corrected chi connectivity index (χ3v) is 4.26. The first-order chi connectivity index (χ1) is 7.41. The maximum Gasteiger partial charge on any atom is 0.361 e. The molecular formula is C11H14FO3P. The quantitative estimate of drug-likeness (QED) is 0.712. The molecule has 1 heterocycles. The topological polar surface area (TPSA) is 35.5 Å². The van der Waals surface area contributed by atoms with Crippen LogP contribution in [0.4, 0.5) is 4.39 Å².